The summed E-state index contributed by atoms with van der Waals surface area (Å²) in [5, 5.41) is 0. The lowest BCUT2D eigenvalue weighted by molar-refractivity contribution is 0.890. The molecule has 0 saturated heterocycles. The summed E-state index contributed by atoms with van der Waals surface area (Å²) in [5.41, 5.74) is 1.91. The molecular formula is C12H15NOS. The molecule has 1 N–H and O–H groups in total. The quantitative estimate of drug-likeness (QED) is 0.829. The van der Waals surface area contributed by atoms with Crippen molar-refractivity contribution in [1.29, 1.82) is 0 Å². The van der Waals surface area contributed by atoms with Crippen LogP contribution >= 0.6 is 11.3 Å². The molecule has 0 aromatic carbocycles. The third-order valence-electron chi connectivity index (χ3n) is 2.57. The van der Waals surface area contributed by atoms with Gasteiger partial charge in [0.25, 0.3) is 5.56 Å². The lowest BCUT2D eigenvalue weighted by Crippen LogP contribution is -2.10. The Bertz CT molecular complexity index is 536. The van der Waals surface area contributed by atoms with Crippen LogP contribution in [0.3, 0.4) is 0 Å². The summed E-state index contributed by atoms with van der Waals surface area (Å²) >= 11 is 1.77. The van der Waals surface area contributed by atoms with Gasteiger partial charge < -0.3 is 4.98 Å². The van der Waals surface area contributed by atoms with Crippen LogP contribution in [0.1, 0.15) is 37.1 Å². The molecular weight excluding hydrogens is 206 g/mol. The molecule has 0 radical (unpaired) electrons. The molecule has 0 fully saturated rings. The largest absolute Gasteiger partial charge is 0.321 e. The number of aromatic amines is 1. The summed E-state index contributed by atoms with van der Waals surface area (Å²) in [4.78, 5) is 15.9. The number of thiophene rings is 1. The van der Waals surface area contributed by atoms with Gasteiger partial charge in [-0.1, -0.05) is 20.8 Å². The number of H-pyrrole nitrogens is 1. The molecule has 2 rings (SSSR count). The van der Waals surface area contributed by atoms with Gasteiger partial charge in [-0.15, -0.1) is 11.3 Å². The Morgan fingerprint density at radius 3 is 2.73 bits per heavy atom. The zero-order chi connectivity index (χ0) is 11.0. The first kappa shape index (κ1) is 10.4. The second-order valence-electron chi connectivity index (χ2n) is 4.06. The number of pyridine rings is 1. The summed E-state index contributed by atoms with van der Waals surface area (Å²) in [6, 6.07) is 4.11. The molecule has 0 amide bonds. The minimum absolute atomic E-state index is 0.0538. The van der Waals surface area contributed by atoms with Gasteiger partial charge in [-0.2, -0.15) is 0 Å². The molecule has 2 aromatic heterocycles. The van der Waals surface area contributed by atoms with E-state index in [1.54, 1.807) is 11.3 Å². The van der Waals surface area contributed by atoms with E-state index in [0.717, 1.165) is 17.5 Å². The van der Waals surface area contributed by atoms with E-state index < -0.39 is 0 Å². The Labute approximate surface area is 93.0 Å². The van der Waals surface area contributed by atoms with Crippen molar-refractivity contribution in [3.05, 3.63) is 32.9 Å². The first-order chi connectivity index (χ1) is 7.11. The maximum absolute atomic E-state index is 11.6. The Balaban J connectivity index is 2.66. The molecule has 15 heavy (non-hydrogen) atoms. The highest BCUT2D eigenvalue weighted by Gasteiger charge is 2.07. The molecule has 0 unspecified atom stereocenters. The highest BCUT2D eigenvalue weighted by atomic mass is 32.1. The molecule has 0 bridgehead atoms. The zero-order valence-corrected chi connectivity index (χ0v) is 10.1. The highest BCUT2D eigenvalue weighted by Crippen LogP contribution is 2.29. The minimum atomic E-state index is 0.0538. The van der Waals surface area contributed by atoms with E-state index in [9.17, 15) is 4.79 Å². The van der Waals surface area contributed by atoms with Crippen LogP contribution in [-0.4, -0.2) is 4.98 Å². The van der Waals surface area contributed by atoms with E-state index in [0.29, 0.717) is 5.92 Å². The van der Waals surface area contributed by atoms with Crippen molar-refractivity contribution in [2.75, 3.05) is 0 Å². The predicted octanol–water partition coefficient (Wildman–Crippen LogP) is 3.28. The molecule has 2 heterocycles. The summed E-state index contributed by atoms with van der Waals surface area (Å²) in [6.45, 7) is 6.35. The first-order valence-electron chi connectivity index (χ1n) is 5.27. The number of fused-ring (bicyclic) bond motifs is 1. The molecule has 0 aliphatic carbocycles. The van der Waals surface area contributed by atoms with Crippen LogP contribution in [0.5, 0.6) is 0 Å². The smallest absolute Gasteiger partial charge is 0.251 e. The second-order valence-corrected chi connectivity index (χ2v) is 5.17. The van der Waals surface area contributed by atoms with Crippen LogP contribution < -0.4 is 5.56 Å². The molecule has 2 aromatic rings. The van der Waals surface area contributed by atoms with Crippen molar-refractivity contribution in [3.63, 3.8) is 0 Å². The SMILES string of the molecule is CCc1cc2sc(C(C)C)cc2[nH]c1=O. The van der Waals surface area contributed by atoms with Gasteiger partial charge in [0.05, 0.1) is 10.2 Å². The van der Waals surface area contributed by atoms with Crippen molar-refractivity contribution in [2.45, 2.75) is 33.1 Å². The number of aryl methyl sites for hydroxylation is 1. The fourth-order valence-corrected chi connectivity index (χ4v) is 2.69. The molecule has 2 nitrogen and oxygen atoms in total. The van der Waals surface area contributed by atoms with Gasteiger partial charge in [0.1, 0.15) is 0 Å². The van der Waals surface area contributed by atoms with Gasteiger partial charge in [-0.05, 0) is 24.5 Å². The number of rotatable bonds is 2. The van der Waals surface area contributed by atoms with E-state index >= 15 is 0 Å². The van der Waals surface area contributed by atoms with Crippen LogP contribution in [0.25, 0.3) is 10.2 Å². The van der Waals surface area contributed by atoms with Crippen LogP contribution in [0.15, 0.2) is 16.9 Å². The molecule has 0 atom stereocenters. The lowest BCUT2D eigenvalue weighted by Gasteiger charge is -1.95. The highest BCUT2D eigenvalue weighted by molar-refractivity contribution is 7.19. The van der Waals surface area contributed by atoms with Crippen LogP contribution in [0, 0.1) is 0 Å². The van der Waals surface area contributed by atoms with E-state index in [2.05, 4.69) is 24.9 Å². The molecule has 0 aliphatic heterocycles. The van der Waals surface area contributed by atoms with Crippen molar-refractivity contribution < 1.29 is 0 Å². The Morgan fingerprint density at radius 1 is 1.40 bits per heavy atom. The van der Waals surface area contributed by atoms with E-state index in [1.807, 2.05) is 13.0 Å². The van der Waals surface area contributed by atoms with Crippen LogP contribution in [0.2, 0.25) is 0 Å². The van der Waals surface area contributed by atoms with Gasteiger partial charge in [-0.25, -0.2) is 0 Å². The Kier molecular flexibility index (Phi) is 2.65. The molecule has 3 heteroatoms. The van der Waals surface area contributed by atoms with E-state index in [1.165, 1.54) is 9.58 Å². The van der Waals surface area contributed by atoms with Crippen LogP contribution in [0.4, 0.5) is 0 Å². The van der Waals surface area contributed by atoms with Crippen molar-refractivity contribution in [1.82, 2.24) is 4.98 Å². The summed E-state index contributed by atoms with van der Waals surface area (Å²) in [5.74, 6) is 0.524. The average Bonchev–Trinajstić information content (AvgIpc) is 2.59. The topological polar surface area (TPSA) is 32.9 Å². The monoisotopic (exact) mass is 221 g/mol. The lowest BCUT2D eigenvalue weighted by atomic mass is 10.1. The standard InChI is InChI=1S/C12H15NOS/c1-4-8-5-11-9(13-12(8)14)6-10(15-11)7(2)3/h5-7H,4H2,1-3H3,(H,13,14). The van der Waals surface area contributed by atoms with E-state index in [-0.39, 0.29) is 5.56 Å². The zero-order valence-electron chi connectivity index (χ0n) is 9.26. The number of hydrogen-bond donors (Lipinski definition) is 1. The Hall–Kier alpha value is -1.09. The second kappa shape index (κ2) is 3.81. The fraction of sp³-hybridized carbons (Fsp3) is 0.417. The fourth-order valence-electron chi connectivity index (χ4n) is 1.60. The summed E-state index contributed by atoms with van der Waals surface area (Å²) in [6.07, 6.45) is 0.792. The molecule has 0 spiro atoms. The van der Waals surface area contributed by atoms with Crippen molar-refractivity contribution >= 4 is 21.6 Å². The third kappa shape index (κ3) is 1.84. The summed E-state index contributed by atoms with van der Waals surface area (Å²) in [7, 11) is 0. The Morgan fingerprint density at radius 2 is 2.13 bits per heavy atom. The molecule has 0 aliphatic rings. The maximum Gasteiger partial charge on any atom is 0.251 e. The summed E-state index contributed by atoms with van der Waals surface area (Å²) < 4.78 is 1.19. The van der Waals surface area contributed by atoms with Gasteiger partial charge in [0.2, 0.25) is 0 Å². The van der Waals surface area contributed by atoms with Gasteiger partial charge in [-0.3, -0.25) is 4.79 Å². The van der Waals surface area contributed by atoms with E-state index in [4.69, 9.17) is 0 Å². The van der Waals surface area contributed by atoms with Gasteiger partial charge in [0, 0.05) is 10.4 Å². The number of nitrogens with one attached hydrogen (secondary N) is 1. The van der Waals surface area contributed by atoms with Gasteiger partial charge in [0.15, 0.2) is 0 Å². The first-order valence-corrected chi connectivity index (χ1v) is 6.09. The third-order valence-corrected chi connectivity index (χ3v) is 3.96. The number of hydrogen-bond acceptors (Lipinski definition) is 2. The van der Waals surface area contributed by atoms with Crippen LogP contribution in [-0.2, 0) is 6.42 Å². The molecule has 80 valence electrons. The average molecular weight is 221 g/mol. The minimum Gasteiger partial charge on any atom is -0.321 e. The molecule has 0 saturated carbocycles. The van der Waals surface area contributed by atoms with Gasteiger partial charge >= 0.3 is 0 Å². The van der Waals surface area contributed by atoms with Crippen molar-refractivity contribution in [2.24, 2.45) is 0 Å². The normalized spacial score (nSPS) is 11.5. The van der Waals surface area contributed by atoms with Crippen molar-refractivity contribution in [3.8, 4) is 0 Å². The maximum atomic E-state index is 11.6. The predicted molar refractivity (Wildman–Crippen MR) is 65.9 cm³/mol. The number of aromatic nitrogens is 1.